The van der Waals surface area contributed by atoms with E-state index in [1.165, 1.54) is 6.07 Å². The second-order valence-corrected chi connectivity index (χ2v) is 7.08. The van der Waals surface area contributed by atoms with Gasteiger partial charge in [-0.2, -0.15) is 0 Å². The Hall–Kier alpha value is -2.92. The van der Waals surface area contributed by atoms with Crippen LogP contribution in [0.4, 0.5) is 4.39 Å². The first-order valence-corrected chi connectivity index (χ1v) is 9.53. The van der Waals surface area contributed by atoms with Gasteiger partial charge in [0.1, 0.15) is 11.6 Å². The molecule has 144 valence electrons. The van der Waals surface area contributed by atoms with Crippen LogP contribution in [0, 0.1) is 5.82 Å². The average Bonchev–Trinajstić information content (AvgIpc) is 2.72. The van der Waals surface area contributed by atoms with Gasteiger partial charge < -0.3 is 9.64 Å². The van der Waals surface area contributed by atoms with Gasteiger partial charge in [-0.15, -0.1) is 0 Å². The Morgan fingerprint density at radius 1 is 0.893 bits per heavy atom. The third kappa shape index (κ3) is 4.49. The largest absolute Gasteiger partial charge is 0.484 e. The Morgan fingerprint density at radius 2 is 1.68 bits per heavy atom. The fourth-order valence-electron chi connectivity index (χ4n) is 3.54. The first-order chi connectivity index (χ1) is 13.7. The van der Waals surface area contributed by atoms with Crippen molar-refractivity contribution < 1.29 is 13.9 Å². The number of benzene rings is 3. The summed E-state index contributed by atoms with van der Waals surface area (Å²) in [6.45, 7) is 3.62. The van der Waals surface area contributed by atoms with Crippen molar-refractivity contribution >= 4 is 16.7 Å². The molecule has 1 heterocycles. The molecule has 28 heavy (non-hydrogen) atoms. The van der Waals surface area contributed by atoms with E-state index >= 15 is 0 Å². The van der Waals surface area contributed by atoms with Crippen molar-refractivity contribution in [3.05, 3.63) is 78.1 Å². The van der Waals surface area contributed by atoms with Crippen LogP contribution in [0.2, 0.25) is 0 Å². The molecule has 4 nitrogen and oxygen atoms in total. The molecular formula is C23H23FN2O2. The van der Waals surface area contributed by atoms with Gasteiger partial charge in [-0.25, -0.2) is 4.39 Å². The summed E-state index contributed by atoms with van der Waals surface area (Å²) in [6.07, 6.45) is 0. The maximum absolute atomic E-state index is 13.3. The number of piperazine rings is 1. The normalized spacial score (nSPS) is 15.0. The predicted octanol–water partition coefficient (Wildman–Crippen LogP) is 3.70. The molecule has 0 radical (unpaired) electrons. The van der Waals surface area contributed by atoms with E-state index in [-0.39, 0.29) is 18.3 Å². The molecule has 1 aliphatic heterocycles. The minimum atomic E-state index is -0.211. The van der Waals surface area contributed by atoms with Gasteiger partial charge in [-0.3, -0.25) is 9.69 Å². The molecule has 4 rings (SSSR count). The Balaban J connectivity index is 1.26. The summed E-state index contributed by atoms with van der Waals surface area (Å²) in [5.41, 5.74) is 0.958. The summed E-state index contributed by atoms with van der Waals surface area (Å²) in [4.78, 5) is 16.6. The van der Waals surface area contributed by atoms with Gasteiger partial charge in [-0.05, 0) is 40.6 Å². The van der Waals surface area contributed by atoms with E-state index in [2.05, 4.69) is 4.90 Å². The van der Waals surface area contributed by atoms with Crippen LogP contribution in [0.15, 0.2) is 66.7 Å². The van der Waals surface area contributed by atoms with Crippen LogP contribution in [0.5, 0.6) is 5.75 Å². The molecule has 0 bridgehead atoms. The van der Waals surface area contributed by atoms with Crippen LogP contribution < -0.4 is 4.74 Å². The van der Waals surface area contributed by atoms with Gasteiger partial charge in [0.15, 0.2) is 6.61 Å². The molecule has 3 aromatic carbocycles. The maximum Gasteiger partial charge on any atom is 0.260 e. The highest BCUT2D eigenvalue weighted by molar-refractivity contribution is 5.84. The van der Waals surface area contributed by atoms with Crippen LogP contribution in [-0.4, -0.2) is 48.5 Å². The highest BCUT2D eigenvalue weighted by Crippen LogP contribution is 2.20. The lowest BCUT2D eigenvalue weighted by Crippen LogP contribution is -2.49. The minimum absolute atomic E-state index is 0.00133. The molecule has 0 atom stereocenters. The van der Waals surface area contributed by atoms with E-state index in [1.54, 1.807) is 12.1 Å². The zero-order valence-electron chi connectivity index (χ0n) is 15.7. The van der Waals surface area contributed by atoms with Crippen molar-refractivity contribution in [3.8, 4) is 5.75 Å². The molecule has 1 saturated heterocycles. The lowest BCUT2D eigenvalue weighted by Gasteiger charge is -2.34. The smallest absolute Gasteiger partial charge is 0.260 e. The summed E-state index contributed by atoms with van der Waals surface area (Å²) in [6, 6.07) is 20.6. The monoisotopic (exact) mass is 378 g/mol. The highest BCUT2D eigenvalue weighted by atomic mass is 19.1. The van der Waals surface area contributed by atoms with Gasteiger partial charge in [0.25, 0.3) is 5.91 Å². The molecule has 5 heteroatoms. The van der Waals surface area contributed by atoms with Crippen LogP contribution in [0.3, 0.4) is 0 Å². The van der Waals surface area contributed by atoms with E-state index in [9.17, 15) is 9.18 Å². The third-order valence-corrected chi connectivity index (χ3v) is 5.10. The Kier molecular flexibility index (Phi) is 5.53. The molecule has 0 spiro atoms. The summed E-state index contributed by atoms with van der Waals surface area (Å²) in [7, 11) is 0. The van der Waals surface area contributed by atoms with Crippen LogP contribution in [-0.2, 0) is 11.3 Å². The summed E-state index contributed by atoms with van der Waals surface area (Å²) < 4.78 is 19.0. The third-order valence-electron chi connectivity index (χ3n) is 5.10. The maximum atomic E-state index is 13.3. The quantitative estimate of drug-likeness (QED) is 0.679. The molecule has 1 amide bonds. The van der Waals surface area contributed by atoms with Gasteiger partial charge in [-0.1, -0.05) is 42.5 Å². The van der Waals surface area contributed by atoms with Gasteiger partial charge >= 0.3 is 0 Å². The highest BCUT2D eigenvalue weighted by Gasteiger charge is 2.21. The molecule has 0 unspecified atom stereocenters. The molecule has 1 aliphatic rings. The van der Waals surface area contributed by atoms with Crippen LogP contribution in [0.1, 0.15) is 5.56 Å². The minimum Gasteiger partial charge on any atom is -0.484 e. The number of ether oxygens (including phenoxy) is 1. The van der Waals surface area contributed by atoms with Crippen molar-refractivity contribution in [1.82, 2.24) is 9.80 Å². The van der Waals surface area contributed by atoms with Crippen molar-refractivity contribution in [3.63, 3.8) is 0 Å². The van der Waals surface area contributed by atoms with E-state index < -0.39 is 0 Å². The SMILES string of the molecule is O=C(COc1ccc2ccccc2c1)N1CCN(Cc2cccc(F)c2)CC1. The van der Waals surface area contributed by atoms with Gasteiger partial charge in [0, 0.05) is 32.7 Å². The topological polar surface area (TPSA) is 32.8 Å². The summed E-state index contributed by atoms with van der Waals surface area (Å²) in [5, 5.41) is 2.24. The molecule has 1 fully saturated rings. The molecule has 3 aromatic rings. The zero-order chi connectivity index (χ0) is 19.3. The zero-order valence-corrected chi connectivity index (χ0v) is 15.7. The number of hydrogen-bond donors (Lipinski definition) is 0. The molecular weight excluding hydrogens is 355 g/mol. The summed E-state index contributed by atoms with van der Waals surface area (Å²) >= 11 is 0. The number of rotatable bonds is 5. The average molecular weight is 378 g/mol. The molecule has 0 saturated carbocycles. The molecule has 0 aliphatic carbocycles. The van der Waals surface area contributed by atoms with E-state index in [4.69, 9.17) is 4.74 Å². The summed E-state index contributed by atoms with van der Waals surface area (Å²) in [5.74, 6) is 0.493. The number of carbonyl (C=O) groups is 1. The standard InChI is InChI=1S/C23H23FN2O2/c24-21-7-3-4-18(14-21)16-25-10-12-26(13-11-25)23(27)17-28-22-9-8-19-5-1-2-6-20(19)15-22/h1-9,14-15H,10-13,16-17H2. The number of carbonyl (C=O) groups excluding carboxylic acids is 1. The molecule has 0 aromatic heterocycles. The van der Waals surface area contributed by atoms with Crippen LogP contribution >= 0.6 is 0 Å². The lowest BCUT2D eigenvalue weighted by molar-refractivity contribution is -0.135. The second-order valence-electron chi connectivity index (χ2n) is 7.08. The fraction of sp³-hybridized carbons (Fsp3) is 0.261. The number of amides is 1. The first kappa shape index (κ1) is 18.4. The Labute approximate surface area is 164 Å². The Morgan fingerprint density at radius 3 is 2.46 bits per heavy atom. The molecule has 0 N–H and O–H groups in total. The van der Waals surface area contributed by atoms with Gasteiger partial charge in [0.2, 0.25) is 0 Å². The van der Waals surface area contributed by atoms with E-state index in [0.29, 0.717) is 25.4 Å². The lowest BCUT2D eigenvalue weighted by atomic mass is 10.1. The van der Waals surface area contributed by atoms with Crippen molar-refractivity contribution in [1.29, 1.82) is 0 Å². The fourth-order valence-corrected chi connectivity index (χ4v) is 3.54. The van der Waals surface area contributed by atoms with Crippen LogP contribution in [0.25, 0.3) is 10.8 Å². The predicted molar refractivity (Wildman–Crippen MR) is 108 cm³/mol. The van der Waals surface area contributed by atoms with E-state index in [1.807, 2.05) is 53.4 Å². The number of halogens is 1. The van der Waals surface area contributed by atoms with E-state index in [0.717, 1.165) is 29.4 Å². The second kappa shape index (κ2) is 8.40. The van der Waals surface area contributed by atoms with Crippen molar-refractivity contribution in [2.75, 3.05) is 32.8 Å². The van der Waals surface area contributed by atoms with Gasteiger partial charge in [0.05, 0.1) is 0 Å². The first-order valence-electron chi connectivity index (χ1n) is 9.53. The van der Waals surface area contributed by atoms with Crippen molar-refractivity contribution in [2.45, 2.75) is 6.54 Å². The van der Waals surface area contributed by atoms with Crippen molar-refractivity contribution in [2.24, 2.45) is 0 Å². The Bertz CT molecular complexity index is 967. The number of hydrogen-bond acceptors (Lipinski definition) is 3. The number of fused-ring (bicyclic) bond motifs is 1. The number of nitrogens with zero attached hydrogens (tertiary/aromatic N) is 2.